The van der Waals surface area contributed by atoms with Gasteiger partial charge in [0.15, 0.2) is 0 Å². The summed E-state index contributed by atoms with van der Waals surface area (Å²) >= 11 is 8.28. The maximum absolute atomic E-state index is 12.4. The number of nitrogens with zero attached hydrogens (tertiary/aromatic N) is 2. The molecule has 25 heavy (non-hydrogen) atoms. The van der Waals surface area contributed by atoms with Gasteiger partial charge in [0.2, 0.25) is 5.95 Å². The minimum atomic E-state index is -0.200. The van der Waals surface area contributed by atoms with Gasteiger partial charge in [0.25, 0.3) is 5.91 Å². The van der Waals surface area contributed by atoms with E-state index in [1.54, 1.807) is 19.3 Å². The number of anilines is 1. The number of aromatic amines is 1. The highest BCUT2D eigenvalue weighted by Gasteiger charge is 2.20. The van der Waals surface area contributed by atoms with Crippen LogP contribution in [0.2, 0.25) is 5.02 Å². The second kappa shape index (κ2) is 7.01. The van der Waals surface area contributed by atoms with E-state index in [9.17, 15) is 4.79 Å². The van der Waals surface area contributed by atoms with Crippen molar-refractivity contribution in [3.8, 4) is 22.6 Å². The predicted molar refractivity (Wildman–Crippen MR) is 108 cm³/mol. The monoisotopic (exact) mass is 467 g/mol. The fourth-order valence-corrected chi connectivity index (χ4v) is 3.26. The summed E-state index contributed by atoms with van der Waals surface area (Å²) in [5.41, 5.74) is 10.1. The topological polar surface area (TPSA) is 96.7 Å². The van der Waals surface area contributed by atoms with Crippen LogP contribution in [0.1, 0.15) is 15.9 Å². The maximum Gasteiger partial charge on any atom is 0.253 e. The zero-order valence-corrected chi connectivity index (χ0v) is 16.4. The molecule has 0 saturated carbocycles. The first-order valence-electron chi connectivity index (χ1n) is 7.40. The number of carbonyl (C=O) groups excluding carboxylic acids is 1. The van der Waals surface area contributed by atoms with E-state index in [1.165, 1.54) is 0 Å². The van der Waals surface area contributed by atoms with Crippen molar-refractivity contribution in [3.63, 3.8) is 0 Å². The van der Waals surface area contributed by atoms with E-state index in [0.29, 0.717) is 27.7 Å². The molecule has 3 aromatic rings. The lowest BCUT2D eigenvalue weighted by Crippen LogP contribution is -2.18. The van der Waals surface area contributed by atoms with Crippen LogP contribution in [0.15, 0.2) is 30.5 Å². The van der Waals surface area contributed by atoms with Gasteiger partial charge in [-0.2, -0.15) is 0 Å². The molecule has 0 aliphatic heterocycles. The predicted octanol–water partition coefficient (Wildman–Crippen LogP) is 3.65. The van der Waals surface area contributed by atoms with Crippen LogP contribution in [-0.2, 0) is 0 Å². The number of aryl methyl sites for hydroxylation is 1. The van der Waals surface area contributed by atoms with Crippen molar-refractivity contribution in [2.75, 3.05) is 12.8 Å². The molecule has 0 spiro atoms. The van der Waals surface area contributed by atoms with Crippen LogP contribution in [0.25, 0.3) is 22.6 Å². The average molecular weight is 468 g/mol. The number of nitrogens with two attached hydrogens (primary N) is 1. The van der Waals surface area contributed by atoms with Crippen molar-refractivity contribution in [1.29, 1.82) is 0 Å². The van der Waals surface area contributed by atoms with Crippen molar-refractivity contribution >= 4 is 46.0 Å². The number of amides is 1. The molecule has 1 aromatic carbocycles. The molecule has 1 amide bonds. The summed E-state index contributed by atoms with van der Waals surface area (Å²) in [5, 5.41) is 3.26. The molecular formula is C17H15ClIN5O. The molecule has 0 fully saturated rings. The van der Waals surface area contributed by atoms with Crippen LogP contribution in [-0.4, -0.2) is 27.9 Å². The summed E-state index contributed by atoms with van der Waals surface area (Å²) < 4.78 is 0.825. The molecule has 4 N–H and O–H groups in total. The molecule has 2 aromatic heterocycles. The number of hydrogen-bond acceptors (Lipinski definition) is 4. The lowest BCUT2D eigenvalue weighted by atomic mass is 10.0. The number of hydrogen-bond donors (Lipinski definition) is 3. The number of rotatable bonds is 3. The minimum Gasteiger partial charge on any atom is -0.368 e. The summed E-state index contributed by atoms with van der Waals surface area (Å²) in [5.74, 6) is -0.0269. The number of nitrogens with one attached hydrogen (secondary N) is 2. The first-order valence-corrected chi connectivity index (χ1v) is 8.86. The molecule has 0 radical (unpaired) electrons. The first-order chi connectivity index (χ1) is 11.9. The SMILES string of the molecule is CNC(=O)c1cc(-c2nc(N)ncc2I)[nH]c1-c1cc(Cl)ccc1C. The lowest BCUT2D eigenvalue weighted by Gasteiger charge is -2.07. The molecule has 0 bridgehead atoms. The molecule has 0 saturated heterocycles. The van der Waals surface area contributed by atoms with E-state index < -0.39 is 0 Å². The summed E-state index contributed by atoms with van der Waals surface area (Å²) in [6.07, 6.45) is 1.64. The fraction of sp³-hybridized carbons (Fsp3) is 0.118. The van der Waals surface area contributed by atoms with E-state index >= 15 is 0 Å². The Morgan fingerprint density at radius 2 is 2.12 bits per heavy atom. The van der Waals surface area contributed by atoms with Crippen molar-refractivity contribution in [3.05, 3.63) is 50.2 Å². The summed E-state index contributed by atoms with van der Waals surface area (Å²) in [6, 6.07) is 7.33. The molecule has 0 aliphatic rings. The molecule has 0 aliphatic carbocycles. The van der Waals surface area contributed by atoms with Crippen molar-refractivity contribution < 1.29 is 4.79 Å². The molecule has 3 rings (SSSR count). The molecular weight excluding hydrogens is 453 g/mol. The highest BCUT2D eigenvalue weighted by Crippen LogP contribution is 2.33. The van der Waals surface area contributed by atoms with E-state index in [1.807, 2.05) is 25.1 Å². The summed E-state index contributed by atoms with van der Waals surface area (Å²) in [7, 11) is 1.59. The van der Waals surface area contributed by atoms with Crippen molar-refractivity contribution in [2.24, 2.45) is 0 Å². The Morgan fingerprint density at radius 1 is 1.36 bits per heavy atom. The van der Waals surface area contributed by atoms with Gasteiger partial charge >= 0.3 is 0 Å². The van der Waals surface area contributed by atoms with Gasteiger partial charge in [-0.3, -0.25) is 4.79 Å². The number of nitrogen functional groups attached to an aromatic ring is 1. The Kier molecular flexibility index (Phi) is 4.96. The van der Waals surface area contributed by atoms with Gasteiger partial charge in [0.1, 0.15) is 5.69 Å². The quantitative estimate of drug-likeness (QED) is 0.512. The second-order valence-corrected chi connectivity index (χ2v) is 7.03. The van der Waals surface area contributed by atoms with Crippen LogP contribution in [0.4, 0.5) is 5.95 Å². The van der Waals surface area contributed by atoms with Crippen LogP contribution in [0.5, 0.6) is 0 Å². The van der Waals surface area contributed by atoms with Gasteiger partial charge in [-0.15, -0.1) is 0 Å². The van der Waals surface area contributed by atoms with Crippen LogP contribution < -0.4 is 11.1 Å². The van der Waals surface area contributed by atoms with E-state index in [4.69, 9.17) is 17.3 Å². The van der Waals surface area contributed by atoms with Crippen molar-refractivity contribution in [1.82, 2.24) is 20.3 Å². The first kappa shape index (κ1) is 17.7. The molecule has 0 atom stereocenters. The van der Waals surface area contributed by atoms with Crippen LogP contribution in [0, 0.1) is 10.5 Å². The van der Waals surface area contributed by atoms with E-state index in [2.05, 4.69) is 42.9 Å². The zero-order valence-electron chi connectivity index (χ0n) is 13.5. The minimum absolute atomic E-state index is 0.173. The lowest BCUT2D eigenvalue weighted by molar-refractivity contribution is 0.0964. The zero-order chi connectivity index (χ0) is 18.1. The summed E-state index contributed by atoms with van der Waals surface area (Å²) in [4.78, 5) is 23.9. The Bertz CT molecular complexity index is 970. The third kappa shape index (κ3) is 3.47. The number of aromatic nitrogens is 3. The normalized spacial score (nSPS) is 10.7. The molecule has 6 nitrogen and oxygen atoms in total. The highest BCUT2D eigenvalue weighted by atomic mass is 127. The Labute approximate surface area is 163 Å². The van der Waals surface area contributed by atoms with Gasteiger partial charge in [-0.25, -0.2) is 9.97 Å². The summed E-state index contributed by atoms with van der Waals surface area (Å²) in [6.45, 7) is 1.96. The molecule has 8 heteroatoms. The van der Waals surface area contributed by atoms with Crippen molar-refractivity contribution in [2.45, 2.75) is 6.92 Å². The number of H-pyrrole nitrogens is 1. The Balaban J connectivity index is 2.25. The number of benzene rings is 1. The third-order valence-electron chi connectivity index (χ3n) is 3.78. The number of halogens is 2. The maximum atomic E-state index is 12.4. The highest BCUT2D eigenvalue weighted by molar-refractivity contribution is 14.1. The molecule has 2 heterocycles. The largest absolute Gasteiger partial charge is 0.368 e. The van der Waals surface area contributed by atoms with Gasteiger partial charge in [-0.1, -0.05) is 17.7 Å². The fourth-order valence-electron chi connectivity index (χ4n) is 2.54. The second-order valence-electron chi connectivity index (χ2n) is 5.43. The smallest absolute Gasteiger partial charge is 0.253 e. The van der Waals surface area contributed by atoms with Crippen LogP contribution >= 0.6 is 34.2 Å². The van der Waals surface area contributed by atoms with Gasteiger partial charge in [0.05, 0.1) is 20.5 Å². The average Bonchev–Trinajstić information content (AvgIpc) is 3.03. The third-order valence-corrected chi connectivity index (χ3v) is 4.80. The number of carbonyl (C=O) groups is 1. The Morgan fingerprint density at radius 3 is 2.84 bits per heavy atom. The Hall–Kier alpha value is -2.13. The van der Waals surface area contributed by atoms with Crippen LogP contribution in [0.3, 0.4) is 0 Å². The van der Waals surface area contributed by atoms with E-state index in [0.717, 1.165) is 14.7 Å². The van der Waals surface area contributed by atoms with Gasteiger partial charge < -0.3 is 16.0 Å². The van der Waals surface area contributed by atoms with E-state index in [-0.39, 0.29) is 11.9 Å². The van der Waals surface area contributed by atoms with Gasteiger partial charge in [0, 0.05) is 23.8 Å². The van der Waals surface area contributed by atoms with Gasteiger partial charge in [-0.05, 0) is 53.3 Å². The molecule has 0 unspecified atom stereocenters. The standard InChI is InChI=1S/C17H15ClIN5O/c1-8-3-4-9(18)5-10(8)14-11(16(25)21-2)6-13(23-14)15-12(19)7-22-17(20)24-15/h3-7,23H,1-2H3,(H,21,25)(H2,20,22,24). The molecule has 128 valence electrons.